The first-order chi connectivity index (χ1) is 8.19. The van der Waals surface area contributed by atoms with Gasteiger partial charge in [0.05, 0.1) is 6.61 Å². The fraction of sp³-hybridized carbons (Fsp3) is 0.273. The molecule has 0 aliphatic rings. The molecular weight excluding hydrogens is 242 g/mol. The summed E-state index contributed by atoms with van der Waals surface area (Å²) < 4.78 is 4.90. The maximum atomic E-state index is 11.6. The summed E-state index contributed by atoms with van der Waals surface area (Å²) in [6.45, 7) is 6.13. The third-order valence-electron chi connectivity index (χ3n) is 1.81. The lowest BCUT2D eigenvalue weighted by atomic mass is 10.2. The van der Waals surface area contributed by atoms with Crippen LogP contribution in [0.4, 0.5) is 5.82 Å². The second kappa shape index (κ2) is 6.88. The lowest BCUT2D eigenvalue weighted by Crippen LogP contribution is -2.24. The van der Waals surface area contributed by atoms with Crippen LogP contribution in [0.25, 0.3) is 0 Å². The second-order valence-corrected chi connectivity index (χ2v) is 3.43. The van der Waals surface area contributed by atoms with Crippen molar-refractivity contribution in [1.29, 1.82) is 0 Å². The van der Waals surface area contributed by atoms with Crippen LogP contribution in [-0.4, -0.2) is 24.1 Å². The molecule has 0 fully saturated rings. The number of carbonyl (C=O) groups excluding carboxylic acids is 1. The molecule has 6 heteroatoms. The number of halogens is 1. The molecule has 17 heavy (non-hydrogen) atoms. The van der Waals surface area contributed by atoms with Crippen LogP contribution in [0.1, 0.15) is 17.3 Å². The van der Waals surface area contributed by atoms with Crippen molar-refractivity contribution in [2.45, 2.75) is 6.92 Å². The van der Waals surface area contributed by atoms with Gasteiger partial charge in [0, 0.05) is 6.54 Å². The predicted molar refractivity (Wildman–Crippen MR) is 67.0 cm³/mol. The average Bonchev–Trinajstić information content (AvgIpc) is 2.30. The van der Waals surface area contributed by atoms with Gasteiger partial charge in [-0.3, -0.25) is 0 Å². The molecule has 1 rings (SSSR count). The number of nitrogens with zero attached hydrogens (tertiary/aromatic N) is 1. The Morgan fingerprint density at radius 2 is 2.41 bits per heavy atom. The number of pyridine rings is 1. The largest absolute Gasteiger partial charge is 0.462 e. The Bertz CT molecular complexity index is 410. The lowest BCUT2D eigenvalue weighted by Gasteiger charge is -2.10. The number of rotatable bonds is 6. The Labute approximate surface area is 105 Å². The highest BCUT2D eigenvalue weighted by Crippen LogP contribution is 2.16. The van der Waals surface area contributed by atoms with Gasteiger partial charge in [0.2, 0.25) is 0 Å². The van der Waals surface area contributed by atoms with Crippen molar-refractivity contribution in [1.82, 2.24) is 10.4 Å². The van der Waals surface area contributed by atoms with E-state index in [0.29, 0.717) is 29.7 Å². The van der Waals surface area contributed by atoms with Crippen molar-refractivity contribution in [2.24, 2.45) is 0 Å². The van der Waals surface area contributed by atoms with Gasteiger partial charge >= 0.3 is 5.97 Å². The highest BCUT2D eigenvalue weighted by molar-refractivity contribution is 6.29. The Kier molecular flexibility index (Phi) is 5.45. The molecule has 0 aliphatic carbocycles. The zero-order valence-electron chi connectivity index (χ0n) is 9.50. The summed E-state index contributed by atoms with van der Waals surface area (Å²) in [7, 11) is 0. The van der Waals surface area contributed by atoms with Crippen molar-refractivity contribution in [3.8, 4) is 0 Å². The van der Waals surface area contributed by atoms with E-state index in [2.05, 4.69) is 22.4 Å². The molecule has 0 radical (unpaired) electrons. The third kappa shape index (κ3) is 4.05. The molecule has 0 bridgehead atoms. The molecule has 5 nitrogen and oxygen atoms in total. The van der Waals surface area contributed by atoms with Gasteiger partial charge in [-0.2, -0.15) is 0 Å². The summed E-state index contributed by atoms with van der Waals surface area (Å²) in [6, 6.07) is 3.09. The first-order valence-corrected chi connectivity index (χ1v) is 5.50. The summed E-state index contributed by atoms with van der Waals surface area (Å²) in [6.07, 6.45) is 1.67. The normalized spacial score (nSPS) is 9.76. The first-order valence-electron chi connectivity index (χ1n) is 5.12. The molecule has 0 saturated heterocycles. The van der Waals surface area contributed by atoms with E-state index in [4.69, 9.17) is 16.3 Å². The van der Waals surface area contributed by atoms with Crippen molar-refractivity contribution in [2.75, 3.05) is 18.6 Å². The van der Waals surface area contributed by atoms with Crippen molar-refractivity contribution in [3.05, 3.63) is 35.5 Å². The molecule has 0 unspecified atom stereocenters. The standard InChI is InChI=1S/C11H14ClN3O2/c1-3-7-13-15-10-8(11(16)17-4-2)5-6-9(12)14-10/h3,5-6,13H,1,4,7H2,2H3,(H,14,15). The van der Waals surface area contributed by atoms with Crippen LogP contribution in [-0.2, 0) is 4.74 Å². The molecule has 0 aromatic carbocycles. The van der Waals surface area contributed by atoms with Crippen LogP contribution in [0.2, 0.25) is 5.15 Å². The highest BCUT2D eigenvalue weighted by Gasteiger charge is 2.13. The van der Waals surface area contributed by atoms with E-state index in [1.165, 1.54) is 6.07 Å². The van der Waals surface area contributed by atoms with E-state index in [0.717, 1.165) is 0 Å². The van der Waals surface area contributed by atoms with Crippen LogP contribution in [0, 0.1) is 0 Å². The number of hydrogen-bond donors (Lipinski definition) is 2. The summed E-state index contributed by atoms with van der Waals surface area (Å²) in [5, 5.41) is 0.293. The van der Waals surface area contributed by atoms with Crippen LogP contribution in [0.15, 0.2) is 24.8 Å². The van der Waals surface area contributed by atoms with Crippen LogP contribution >= 0.6 is 11.6 Å². The van der Waals surface area contributed by atoms with E-state index in [9.17, 15) is 4.79 Å². The molecule has 0 spiro atoms. The van der Waals surface area contributed by atoms with E-state index >= 15 is 0 Å². The minimum Gasteiger partial charge on any atom is -0.462 e. The zero-order valence-corrected chi connectivity index (χ0v) is 10.3. The number of carbonyl (C=O) groups is 1. The number of anilines is 1. The maximum Gasteiger partial charge on any atom is 0.341 e. The van der Waals surface area contributed by atoms with Gasteiger partial charge in [-0.1, -0.05) is 17.7 Å². The molecule has 0 aliphatic heterocycles. The first kappa shape index (κ1) is 13.5. The molecule has 92 valence electrons. The Hall–Kier alpha value is -1.59. The fourth-order valence-corrected chi connectivity index (χ4v) is 1.26. The van der Waals surface area contributed by atoms with Crippen LogP contribution in [0.3, 0.4) is 0 Å². The summed E-state index contributed by atoms with van der Waals surface area (Å²) in [4.78, 5) is 15.6. The molecule has 0 amide bonds. The average molecular weight is 256 g/mol. The van der Waals surface area contributed by atoms with E-state index in [-0.39, 0.29) is 0 Å². The summed E-state index contributed by atoms with van der Waals surface area (Å²) in [5.41, 5.74) is 5.92. The minimum atomic E-state index is -0.445. The lowest BCUT2D eigenvalue weighted by molar-refractivity contribution is 0.0527. The van der Waals surface area contributed by atoms with Gasteiger partial charge in [-0.05, 0) is 19.1 Å². The van der Waals surface area contributed by atoms with E-state index in [1.54, 1.807) is 19.1 Å². The number of esters is 1. The molecule has 0 atom stereocenters. The smallest absolute Gasteiger partial charge is 0.341 e. The summed E-state index contributed by atoms with van der Waals surface area (Å²) in [5.74, 6) is -0.114. The second-order valence-electron chi connectivity index (χ2n) is 3.05. The Morgan fingerprint density at radius 3 is 3.06 bits per heavy atom. The number of hydrogen-bond acceptors (Lipinski definition) is 5. The van der Waals surface area contributed by atoms with Crippen molar-refractivity contribution < 1.29 is 9.53 Å². The molecule has 2 N–H and O–H groups in total. The summed E-state index contributed by atoms with van der Waals surface area (Å²) >= 11 is 5.76. The number of ether oxygens (including phenoxy) is 1. The molecular formula is C11H14ClN3O2. The number of hydrazine groups is 1. The molecule has 1 heterocycles. The zero-order chi connectivity index (χ0) is 12.7. The molecule has 1 aromatic heterocycles. The van der Waals surface area contributed by atoms with Gasteiger partial charge in [0.15, 0.2) is 5.82 Å². The van der Waals surface area contributed by atoms with Crippen molar-refractivity contribution >= 4 is 23.4 Å². The minimum absolute atomic E-state index is 0.293. The van der Waals surface area contributed by atoms with E-state index in [1.807, 2.05) is 0 Å². The van der Waals surface area contributed by atoms with Crippen molar-refractivity contribution in [3.63, 3.8) is 0 Å². The predicted octanol–water partition coefficient (Wildman–Crippen LogP) is 2.01. The number of nitrogens with one attached hydrogen (secondary N) is 2. The van der Waals surface area contributed by atoms with Crippen LogP contribution in [0.5, 0.6) is 0 Å². The topological polar surface area (TPSA) is 63.2 Å². The van der Waals surface area contributed by atoms with Gasteiger partial charge in [0.25, 0.3) is 0 Å². The maximum absolute atomic E-state index is 11.6. The van der Waals surface area contributed by atoms with Gasteiger partial charge in [-0.15, -0.1) is 6.58 Å². The molecule has 1 aromatic rings. The number of aromatic nitrogens is 1. The monoisotopic (exact) mass is 255 g/mol. The van der Waals surface area contributed by atoms with Crippen LogP contribution < -0.4 is 10.9 Å². The highest BCUT2D eigenvalue weighted by atomic mass is 35.5. The SMILES string of the molecule is C=CCNNc1nc(Cl)ccc1C(=O)OCC. The van der Waals surface area contributed by atoms with Gasteiger partial charge in [0.1, 0.15) is 10.7 Å². The Balaban J connectivity index is 2.86. The van der Waals surface area contributed by atoms with E-state index < -0.39 is 5.97 Å². The van der Waals surface area contributed by atoms with Gasteiger partial charge < -0.3 is 10.2 Å². The fourth-order valence-electron chi connectivity index (χ4n) is 1.11. The molecule has 0 saturated carbocycles. The quantitative estimate of drug-likeness (QED) is 0.268. The third-order valence-corrected chi connectivity index (χ3v) is 2.02. The Morgan fingerprint density at radius 1 is 1.65 bits per heavy atom. The van der Waals surface area contributed by atoms with Gasteiger partial charge in [-0.25, -0.2) is 15.2 Å².